The summed E-state index contributed by atoms with van der Waals surface area (Å²) in [5, 5.41) is 7.77. The predicted octanol–water partition coefficient (Wildman–Crippen LogP) is 4.19. The van der Waals surface area contributed by atoms with E-state index in [0.29, 0.717) is 35.7 Å². The Balaban J connectivity index is 1.38. The quantitative estimate of drug-likeness (QED) is 0.587. The van der Waals surface area contributed by atoms with Gasteiger partial charge in [0.25, 0.3) is 6.01 Å². The summed E-state index contributed by atoms with van der Waals surface area (Å²) < 4.78 is 10.9. The third-order valence-corrected chi connectivity index (χ3v) is 3.73. The second-order valence-corrected chi connectivity index (χ2v) is 5.62. The lowest BCUT2D eigenvalue weighted by atomic mass is 10.2. The van der Waals surface area contributed by atoms with Gasteiger partial charge in [-0.05, 0) is 36.4 Å². The molecule has 0 radical (unpaired) electrons. The van der Waals surface area contributed by atoms with E-state index in [4.69, 9.17) is 20.5 Å². The fourth-order valence-corrected chi connectivity index (χ4v) is 2.42. The number of oxazole rings is 1. The molecular formula is C17H13ClN4O2. The molecule has 0 atom stereocenters. The van der Waals surface area contributed by atoms with E-state index in [1.807, 2.05) is 36.4 Å². The summed E-state index contributed by atoms with van der Waals surface area (Å²) in [7, 11) is 0. The number of halogens is 1. The van der Waals surface area contributed by atoms with E-state index in [-0.39, 0.29) is 0 Å². The highest BCUT2D eigenvalue weighted by molar-refractivity contribution is 6.30. The maximum Gasteiger partial charge on any atom is 0.295 e. The van der Waals surface area contributed by atoms with Crippen molar-refractivity contribution < 1.29 is 8.94 Å². The largest absolute Gasteiger partial charge is 0.424 e. The maximum absolute atomic E-state index is 5.87. The zero-order chi connectivity index (χ0) is 16.4. The third kappa shape index (κ3) is 3.09. The summed E-state index contributed by atoms with van der Waals surface area (Å²) in [5.41, 5.74) is 2.44. The van der Waals surface area contributed by atoms with Gasteiger partial charge in [-0.3, -0.25) is 0 Å². The van der Waals surface area contributed by atoms with Crippen LogP contribution in [-0.2, 0) is 6.42 Å². The first-order chi connectivity index (χ1) is 11.8. The van der Waals surface area contributed by atoms with Crippen LogP contribution in [0.2, 0.25) is 5.02 Å². The zero-order valence-corrected chi connectivity index (χ0v) is 13.3. The zero-order valence-electron chi connectivity index (χ0n) is 12.6. The number of hydrogen-bond acceptors (Lipinski definition) is 6. The van der Waals surface area contributed by atoms with Gasteiger partial charge in [0.2, 0.25) is 11.7 Å². The van der Waals surface area contributed by atoms with E-state index in [1.54, 1.807) is 12.1 Å². The standard InChI is InChI=1S/C17H13ClN4O2/c18-12-7-5-11(6-8-12)16-21-15(24-22-16)9-10-19-17-20-13-3-1-2-4-14(13)23-17/h1-8H,9-10H2,(H,19,20). The number of nitrogens with zero attached hydrogens (tertiary/aromatic N) is 3. The van der Waals surface area contributed by atoms with Crippen LogP contribution in [0.5, 0.6) is 0 Å². The van der Waals surface area contributed by atoms with E-state index in [2.05, 4.69) is 20.4 Å². The summed E-state index contributed by atoms with van der Waals surface area (Å²) in [6.07, 6.45) is 0.569. The van der Waals surface area contributed by atoms with Crippen LogP contribution in [-0.4, -0.2) is 21.7 Å². The molecule has 0 amide bonds. The number of fused-ring (bicyclic) bond motifs is 1. The van der Waals surface area contributed by atoms with Crippen LogP contribution in [0.4, 0.5) is 6.01 Å². The lowest BCUT2D eigenvalue weighted by Crippen LogP contribution is -2.05. The van der Waals surface area contributed by atoms with Crippen molar-refractivity contribution in [2.75, 3.05) is 11.9 Å². The molecule has 7 heteroatoms. The van der Waals surface area contributed by atoms with Crippen LogP contribution in [0, 0.1) is 0 Å². The van der Waals surface area contributed by atoms with Gasteiger partial charge in [-0.15, -0.1) is 0 Å². The maximum atomic E-state index is 5.87. The van der Waals surface area contributed by atoms with Crippen molar-refractivity contribution in [2.45, 2.75) is 6.42 Å². The van der Waals surface area contributed by atoms with Crippen molar-refractivity contribution in [3.8, 4) is 11.4 Å². The smallest absolute Gasteiger partial charge is 0.295 e. The summed E-state index contributed by atoms with van der Waals surface area (Å²) in [4.78, 5) is 8.72. The van der Waals surface area contributed by atoms with E-state index < -0.39 is 0 Å². The Kier molecular flexibility index (Phi) is 3.88. The number of hydrogen-bond donors (Lipinski definition) is 1. The van der Waals surface area contributed by atoms with Gasteiger partial charge < -0.3 is 14.3 Å². The Hall–Kier alpha value is -2.86. The van der Waals surface area contributed by atoms with Gasteiger partial charge in [0.1, 0.15) is 5.52 Å². The van der Waals surface area contributed by atoms with E-state index in [9.17, 15) is 0 Å². The van der Waals surface area contributed by atoms with Crippen LogP contribution in [0.25, 0.3) is 22.5 Å². The average molecular weight is 341 g/mol. The number of nitrogens with one attached hydrogen (secondary N) is 1. The van der Waals surface area contributed by atoms with Gasteiger partial charge in [0.05, 0.1) is 0 Å². The molecule has 0 aliphatic heterocycles. The molecule has 0 aliphatic rings. The molecule has 2 aromatic carbocycles. The van der Waals surface area contributed by atoms with Crippen molar-refractivity contribution in [3.05, 3.63) is 59.4 Å². The Morgan fingerprint density at radius 1 is 1.00 bits per heavy atom. The van der Waals surface area contributed by atoms with Crippen molar-refractivity contribution in [2.24, 2.45) is 0 Å². The van der Waals surface area contributed by atoms with Gasteiger partial charge in [-0.25, -0.2) is 0 Å². The number of aromatic nitrogens is 3. The Morgan fingerprint density at radius 2 is 1.83 bits per heavy atom. The Bertz CT molecular complexity index is 929. The molecule has 0 saturated heterocycles. The molecule has 2 heterocycles. The highest BCUT2D eigenvalue weighted by Crippen LogP contribution is 2.20. The summed E-state index contributed by atoms with van der Waals surface area (Å²) in [6, 6.07) is 15.4. The molecule has 0 bridgehead atoms. The Labute approximate surface area is 142 Å². The molecule has 2 aromatic heterocycles. The number of para-hydroxylation sites is 2. The van der Waals surface area contributed by atoms with E-state index in [0.717, 1.165) is 16.7 Å². The molecule has 1 N–H and O–H groups in total. The molecule has 4 aromatic rings. The van der Waals surface area contributed by atoms with Crippen molar-refractivity contribution in [1.82, 2.24) is 15.1 Å². The number of anilines is 1. The molecule has 0 unspecified atom stereocenters. The molecule has 120 valence electrons. The van der Waals surface area contributed by atoms with Gasteiger partial charge in [0, 0.05) is 23.6 Å². The van der Waals surface area contributed by atoms with Crippen LogP contribution in [0.1, 0.15) is 5.89 Å². The highest BCUT2D eigenvalue weighted by Gasteiger charge is 2.09. The van der Waals surface area contributed by atoms with Gasteiger partial charge in [0.15, 0.2) is 5.58 Å². The molecule has 0 fully saturated rings. The molecular weight excluding hydrogens is 328 g/mol. The molecule has 24 heavy (non-hydrogen) atoms. The molecule has 4 rings (SSSR count). The topological polar surface area (TPSA) is 77.0 Å². The number of benzene rings is 2. The second-order valence-electron chi connectivity index (χ2n) is 5.18. The first-order valence-corrected chi connectivity index (χ1v) is 7.84. The molecule has 0 saturated carbocycles. The summed E-state index contributed by atoms with van der Waals surface area (Å²) in [5.74, 6) is 1.09. The monoisotopic (exact) mass is 340 g/mol. The third-order valence-electron chi connectivity index (χ3n) is 3.48. The van der Waals surface area contributed by atoms with Crippen LogP contribution < -0.4 is 5.32 Å². The first kappa shape index (κ1) is 14.7. The van der Waals surface area contributed by atoms with Crippen LogP contribution in [0.3, 0.4) is 0 Å². The van der Waals surface area contributed by atoms with Crippen molar-refractivity contribution in [3.63, 3.8) is 0 Å². The fourth-order valence-electron chi connectivity index (χ4n) is 2.30. The van der Waals surface area contributed by atoms with Gasteiger partial charge in [-0.1, -0.05) is 28.9 Å². The predicted molar refractivity (Wildman–Crippen MR) is 90.9 cm³/mol. The SMILES string of the molecule is Clc1ccc(-c2noc(CCNc3nc4ccccc4o3)n2)cc1. The van der Waals surface area contributed by atoms with E-state index in [1.165, 1.54) is 0 Å². The Morgan fingerprint density at radius 3 is 2.67 bits per heavy atom. The highest BCUT2D eigenvalue weighted by atomic mass is 35.5. The van der Waals surface area contributed by atoms with Crippen LogP contribution in [0.15, 0.2) is 57.5 Å². The molecule has 6 nitrogen and oxygen atoms in total. The minimum atomic E-state index is 0.480. The summed E-state index contributed by atoms with van der Waals surface area (Å²) >= 11 is 5.87. The van der Waals surface area contributed by atoms with Gasteiger partial charge in [-0.2, -0.15) is 9.97 Å². The lowest BCUT2D eigenvalue weighted by molar-refractivity contribution is 0.381. The van der Waals surface area contributed by atoms with E-state index >= 15 is 0 Å². The van der Waals surface area contributed by atoms with Gasteiger partial charge >= 0.3 is 0 Å². The fraction of sp³-hybridized carbons (Fsp3) is 0.118. The van der Waals surface area contributed by atoms with Crippen molar-refractivity contribution in [1.29, 1.82) is 0 Å². The molecule has 0 spiro atoms. The minimum Gasteiger partial charge on any atom is -0.424 e. The first-order valence-electron chi connectivity index (χ1n) is 7.46. The average Bonchev–Trinajstić information content (AvgIpc) is 3.22. The summed E-state index contributed by atoms with van der Waals surface area (Å²) in [6.45, 7) is 0.578. The lowest BCUT2D eigenvalue weighted by Gasteiger charge is -1.97. The normalized spacial score (nSPS) is 11.0. The van der Waals surface area contributed by atoms with Crippen LogP contribution >= 0.6 is 11.6 Å². The van der Waals surface area contributed by atoms with Crippen molar-refractivity contribution >= 4 is 28.7 Å². The molecule has 0 aliphatic carbocycles. The second kappa shape index (κ2) is 6.33. The number of rotatable bonds is 5. The minimum absolute atomic E-state index is 0.480.